The lowest BCUT2D eigenvalue weighted by Gasteiger charge is -2.07. The Morgan fingerprint density at radius 2 is 1.62 bits per heavy atom. The first-order valence-corrected chi connectivity index (χ1v) is 8.89. The zero-order valence-corrected chi connectivity index (χ0v) is 13.2. The van der Waals surface area contributed by atoms with Gasteiger partial charge in [0.15, 0.2) is 0 Å². The summed E-state index contributed by atoms with van der Waals surface area (Å²) in [5, 5.41) is 0. The highest BCUT2D eigenvalue weighted by atomic mass is 32.2. The van der Waals surface area contributed by atoms with Gasteiger partial charge < -0.3 is 8.92 Å². The molecular formula is C15H16O4S2. The van der Waals surface area contributed by atoms with Crippen LogP contribution in [0, 0.1) is 0 Å². The molecule has 0 unspecified atom stereocenters. The Bertz CT molecular complexity index is 652. The highest BCUT2D eigenvalue weighted by molar-refractivity contribution is 8.00. The van der Waals surface area contributed by atoms with Crippen LogP contribution in [0.15, 0.2) is 59.5 Å². The molecule has 6 heteroatoms. The molecule has 0 aliphatic carbocycles. The van der Waals surface area contributed by atoms with E-state index >= 15 is 0 Å². The van der Waals surface area contributed by atoms with Crippen molar-refractivity contribution in [2.45, 2.75) is 4.90 Å². The van der Waals surface area contributed by atoms with Crippen molar-refractivity contribution in [2.24, 2.45) is 0 Å². The summed E-state index contributed by atoms with van der Waals surface area (Å²) in [6.07, 6.45) is 0. The molecule has 0 bridgehead atoms. The van der Waals surface area contributed by atoms with Crippen LogP contribution in [0.25, 0.3) is 0 Å². The maximum atomic E-state index is 11.8. The van der Waals surface area contributed by atoms with Gasteiger partial charge in [-0.25, -0.2) is 0 Å². The van der Waals surface area contributed by atoms with E-state index in [0.29, 0.717) is 11.5 Å². The zero-order chi connectivity index (χ0) is 15.1. The molecule has 2 aromatic rings. The van der Waals surface area contributed by atoms with Crippen LogP contribution in [0.1, 0.15) is 0 Å². The van der Waals surface area contributed by atoms with Crippen LogP contribution in [0.4, 0.5) is 0 Å². The van der Waals surface area contributed by atoms with Crippen molar-refractivity contribution in [3.8, 4) is 11.5 Å². The molecule has 0 atom stereocenters. The second-order valence-electron chi connectivity index (χ2n) is 4.18. The molecular weight excluding hydrogens is 308 g/mol. The summed E-state index contributed by atoms with van der Waals surface area (Å²) in [4.78, 5) is 0.991. The van der Waals surface area contributed by atoms with E-state index in [1.54, 1.807) is 37.4 Å². The van der Waals surface area contributed by atoms with E-state index in [2.05, 4.69) is 0 Å². The van der Waals surface area contributed by atoms with Crippen molar-refractivity contribution in [1.29, 1.82) is 0 Å². The van der Waals surface area contributed by atoms with E-state index in [1.165, 1.54) is 11.8 Å². The molecule has 0 saturated carbocycles. The third-order valence-electron chi connectivity index (χ3n) is 2.63. The van der Waals surface area contributed by atoms with Crippen LogP contribution < -0.4 is 8.92 Å². The van der Waals surface area contributed by atoms with Gasteiger partial charge in [0.1, 0.15) is 11.5 Å². The molecule has 0 heterocycles. The van der Waals surface area contributed by atoms with Crippen molar-refractivity contribution in [3.05, 3.63) is 54.6 Å². The molecule has 0 saturated heterocycles. The minimum atomic E-state index is -3.56. The van der Waals surface area contributed by atoms with Gasteiger partial charge in [-0.15, -0.1) is 11.8 Å². The molecule has 0 amide bonds. The fourth-order valence-corrected chi connectivity index (χ4v) is 3.80. The Morgan fingerprint density at radius 3 is 2.24 bits per heavy atom. The van der Waals surface area contributed by atoms with Crippen LogP contribution in [0.3, 0.4) is 0 Å². The summed E-state index contributed by atoms with van der Waals surface area (Å²) in [5.74, 6) is 1.51. The molecule has 0 radical (unpaired) electrons. The largest absolute Gasteiger partial charge is 0.497 e. The predicted octanol–water partition coefficient (Wildman–Crippen LogP) is 3.20. The van der Waals surface area contributed by atoms with Crippen LogP contribution in [0.2, 0.25) is 0 Å². The number of benzene rings is 2. The average molecular weight is 324 g/mol. The maximum absolute atomic E-state index is 11.8. The van der Waals surface area contributed by atoms with Crippen LogP contribution in [-0.2, 0) is 10.1 Å². The number of methoxy groups -OCH3 is 1. The topological polar surface area (TPSA) is 52.6 Å². The van der Waals surface area contributed by atoms with Crippen molar-refractivity contribution in [3.63, 3.8) is 0 Å². The van der Waals surface area contributed by atoms with Crippen molar-refractivity contribution in [2.75, 3.05) is 18.6 Å². The number of hydrogen-bond acceptors (Lipinski definition) is 5. The van der Waals surface area contributed by atoms with Gasteiger partial charge in [0, 0.05) is 10.6 Å². The van der Waals surface area contributed by atoms with E-state index in [0.717, 1.165) is 10.6 Å². The predicted molar refractivity (Wildman–Crippen MR) is 84.6 cm³/mol. The van der Waals surface area contributed by atoms with E-state index in [1.807, 2.05) is 24.3 Å². The van der Waals surface area contributed by atoms with Crippen molar-refractivity contribution >= 4 is 21.9 Å². The van der Waals surface area contributed by atoms with Gasteiger partial charge in [-0.3, -0.25) is 0 Å². The Hall–Kier alpha value is -1.66. The molecule has 21 heavy (non-hydrogen) atoms. The summed E-state index contributed by atoms with van der Waals surface area (Å²) in [5.41, 5.74) is 0. The molecule has 2 rings (SSSR count). The fraction of sp³-hybridized carbons (Fsp3) is 0.200. The van der Waals surface area contributed by atoms with Gasteiger partial charge in [-0.1, -0.05) is 18.2 Å². The highest BCUT2D eigenvalue weighted by Crippen LogP contribution is 2.22. The van der Waals surface area contributed by atoms with E-state index in [-0.39, 0.29) is 5.75 Å². The number of thioether (sulfide) groups is 1. The lowest BCUT2D eigenvalue weighted by Crippen LogP contribution is -2.15. The monoisotopic (exact) mass is 324 g/mol. The second kappa shape index (κ2) is 7.38. The molecule has 112 valence electrons. The number of rotatable bonds is 7. The quantitative estimate of drug-likeness (QED) is 0.578. The summed E-state index contributed by atoms with van der Waals surface area (Å²) in [6.45, 7) is 0. The summed E-state index contributed by atoms with van der Waals surface area (Å²) in [6, 6.07) is 16.0. The minimum Gasteiger partial charge on any atom is -0.497 e. The molecule has 4 nitrogen and oxygen atoms in total. The van der Waals surface area contributed by atoms with Crippen LogP contribution in [-0.4, -0.2) is 27.0 Å². The van der Waals surface area contributed by atoms with E-state index in [9.17, 15) is 8.42 Å². The van der Waals surface area contributed by atoms with Gasteiger partial charge in [-0.05, 0) is 36.4 Å². The van der Waals surface area contributed by atoms with E-state index < -0.39 is 10.1 Å². The normalized spacial score (nSPS) is 11.1. The molecule has 0 aromatic heterocycles. The molecule has 0 spiro atoms. The SMILES string of the molecule is COc1ccc(SCCS(=O)(=O)Oc2ccccc2)cc1. The highest BCUT2D eigenvalue weighted by Gasteiger charge is 2.12. The number of para-hydroxylation sites is 1. The number of hydrogen-bond donors (Lipinski definition) is 0. The van der Waals surface area contributed by atoms with Crippen LogP contribution in [0.5, 0.6) is 11.5 Å². The first kappa shape index (κ1) is 15.7. The summed E-state index contributed by atoms with van der Waals surface area (Å²) < 4.78 is 33.8. The lowest BCUT2D eigenvalue weighted by molar-refractivity contribution is 0.414. The van der Waals surface area contributed by atoms with Crippen LogP contribution >= 0.6 is 11.8 Å². The molecule has 0 aliphatic heterocycles. The van der Waals surface area contributed by atoms with Gasteiger partial charge in [0.05, 0.1) is 12.9 Å². The summed E-state index contributed by atoms with van der Waals surface area (Å²) >= 11 is 1.46. The Balaban J connectivity index is 1.84. The standard InChI is InChI=1S/C15H16O4S2/c1-18-13-7-9-15(10-8-13)20-11-12-21(16,17)19-14-5-3-2-4-6-14/h2-10H,11-12H2,1H3. The molecule has 0 aliphatic rings. The maximum Gasteiger partial charge on any atom is 0.310 e. The fourth-order valence-electron chi connectivity index (χ4n) is 1.60. The average Bonchev–Trinajstić information content (AvgIpc) is 2.48. The Morgan fingerprint density at radius 1 is 0.952 bits per heavy atom. The number of ether oxygens (including phenoxy) is 1. The Kier molecular flexibility index (Phi) is 5.52. The van der Waals surface area contributed by atoms with Gasteiger partial charge in [0.25, 0.3) is 0 Å². The smallest absolute Gasteiger partial charge is 0.310 e. The first-order valence-electron chi connectivity index (χ1n) is 6.33. The molecule has 0 N–H and O–H groups in total. The van der Waals surface area contributed by atoms with Gasteiger partial charge in [0.2, 0.25) is 0 Å². The third-order valence-corrected chi connectivity index (χ3v) is 5.05. The molecule has 2 aromatic carbocycles. The second-order valence-corrected chi connectivity index (χ2v) is 7.04. The van der Waals surface area contributed by atoms with Gasteiger partial charge in [-0.2, -0.15) is 8.42 Å². The lowest BCUT2D eigenvalue weighted by atomic mass is 10.3. The Labute approximate surface area is 129 Å². The van der Waals surface area contributed by atoms with E-state index in [4.69, 9.17) is 8.92 Å². The first-order chi connectivity index (χ1) is 10.1. The summed E-state index contributed by atoms with van der Waals surface area (Å²) in [7, 11) is -1.96. The zero-order valence-electron chi connectivity index (χ0n) is 11.6. The third kappa shape index (κ3) is 5.32. The van der Waals surface area contributed by atoms with Crippen molar-refractivity contribution in [1.82, 2.24) is 0 Å². The van der Waals surface area contributed by atoms with Gasteiger partial charge >= 0.3 is 10.1 Å². The minimum absolute atomic E-state index is 0.0431. The molecule has 0 fully saturated rings. The van der Waals surface area contributed by atoms with Crippen molar-refractivity contribution < 1.29 is 17.3 Å².